The van der Waals surface area contributed by atoms with Crippen LogP contribution in [0.1, 0.15) is 12.0 Å². The van der Waals surface area contributed by atoms with Crippen molar-refractivity contribution in [3.63, 3.8) is 0 Å². The van der Waals surface area contributed by atoms with Gasteiger partial charge in [-0.3, -0.25) is 0 Å². The van der Waals surface area contributed by atoms with Crippen LogP contribution in [-0.2, 0) is 0 Å². The van der Waals surface area contributed by atoms with E-state index in [4.69, 9.17) is 4.74 Å². The largest absolute Gasteiger partial charge is 0.491 e. The second-order valence-electron chi connectivity index (χ2n) is 5.45. The van der Waals surface area contributed by atoms with Crippen LogP contribution in [0.5, 0.6) is 5.75 Å². The van der Waals surface area contributed by atoms with Crippen molar-refractivity contribution in [3.8, 4) is 5.75 Å². The minimum atomic E-state index is -0.489. The minimum Gasteiger partial charge on any atom is -0.491 e. The molecule has 1 unspecified atom stereocenters. The Morgan fingerprint density at radius 2 is 1.79 bits per heavy atom. The molecule has 132 valence electrons. The summed E-state index contributed by atoms with van der Waals surface area (Å²) in [5.41, 5.74) is 1.09. The quantitative estimate of drug-likeness (QED) is 0.493. The number of aryl methyl sites for hydroxylation is 1. The summed E-state index contributed by atoms with van der Waals surface area (Å²) in [5, 5.41) is 13.2. The van der Waals surface area contributed by atoms with Crippen LogP contribution in [0, 0.1) is 6.92 Å². The molecule has 24 heavy (non-hydrogen) atoms. The summed E-state index contributed by atoms with van der Waals surface area (Å²) in [6.45, 7) is 3.78. The second-order valence-corrected chi connectivity index (χ2v) is 6.62. The monoisotopic (exact) mass is 367 g/mol. The molecule has 2 aromatic rings. The van der Waals surface area contributed by atoms with E-state index in [0.717, 1.165) is 30.0 Å². The highest BCUT2D eigenvalue weighted by Gasteiger charge is 2.06. The molecule has 2 aromatic carbocycles. The van der Waals surface area contributed by atoms with Gasteiger partial charge in [-0.2, -0.15) is 0 Å². The van der Waals surface area contributed by atoms with Crippen molar-refractivity contribution >= 4 is 24.2 Å². The Hall–Kier alpha value is -1.20. The summed E-state index contributed by atoms with van der Waals surface area (Å²) in [6, 6.07) is 18.3. The number of thioether (sulfide) groups is 1. The van der Waals surface area contributed by atoms with Gasteiger partial charge in [-0.1, -0.05) is 36.4 Å². The SMILES string of the molecule is Cc1ccccc1OCC(O)CNCCCSc1ccccc1.Cl. The molecule has 5 heteroatoms. The predicted molar refractivity (Wildman–Crippen MR) is 105 cm³/mol. The third-order valence-electron chi connectivity index (χ3n) is 3.41. The number of aliphatic hydroxyl groups is 1. The van der Waals surface area contributed by atoms with Crippen LogP contribution in [0.3, 0.4) is 0 Å². The minimum absolute atomic E-state index is 0. The van der Waals surface area contributed by atoms with Crippen LogP contribution in [0.15, 0.2) is 59.5 Å². The molecule has 2 N–H and O–H groups in total. The van der Waals surface area contributed by atoms with Gasteiger partial charge in [0, 0.05) is 11.4 Å². The standard InChI is InChI=1S/C19H25NO2S.ClH/c1-16-8-5-6-11-19(16)22-15-17(21)14-20-12-7-13-23-18-9-3-2-4-10-18;/h2-6,8-11,17,20-21H,7,12-15H2,1H3;1H. The zero-order valence-electron chi connectivity index (χ0n) is 14.0. The number of hydrogen-bond acceptors (Lipinski definition) is 4. The second kappa shape index (κ2) is 12.2. The molecule has 0 saturated carbocycles. The van der Waals surface area contributed by atoms with E-state index in [1.807, 2.05) is 49.0 Å². The average molecular weight is 368 g/mol. The molecule has 0 saturated heterocycles. The Balaban J connectivity index is 0.00000288. The van der Waals surface area contributed by atoms with Crippen molar-refractivity contribution in [2.24, 2.45) is 0 Å². The third-order valence-corrected chi connectivity index (χ3v) is 4.51. The molecular formula is C19H26ClNO2S. The number of rotatable bonds is 10. The molecular weight excluding hydrogens is 342 g/mol. The average Bonchev–Trinajstić information content (AvgIpc) is 2.58. The lowest BCUT2D eigenvalue weighted by Gasteiger charge is -2.14. The van der Waals surface area contributed by atoms with Gasteiger partial charge in [0.25, 0.3) is 0 Å². The van der Waals surface area contributed by atoms with E-state index in [0.29, 0.717) is 13.2 Å². The lowest BCUT2D eigenvalue weighted by molar-refractivity contribution is 0.106. The lowest BCUT2D eigenvalue weighted by Crippen LogP contribution is -2.32. The molecule has 0 amide bonds. The van der Waals surface area contributed by atoms with E-state index in [-0.39, 0.29) is 12.4 Å². The number of aliphatic hydroxyl groups excluding tert-OH is 1. The Labute approximate surface area is 155 Å². The normalized spacial score (nSPS) is 11.6. The maximum Gasteiger partial charge on any atom is 0.122 e. The maximum atomic E-state index is 9.94. The topological polar surface area (TPSA) is 41.5 Å². The van der Waals surface area contributed by atoms with Crippen molar-refractivity contribution in [1.82, 2.24) is 5.32 Å². The molecule has 1 atom stereocenters. The molecule has 0 heterocycles. The first-order valence-corrected chi connectivity index (χ1v) is 8.99. The number of nitrogens with one attached hydrogen (secondary N) is 1. The summed E-state index contributed by atoms with van der Waals surface area (Å²) < 4.78 is 5.64. The van der Waals surface area contributed by atoms with Gasteiger partial charge in [0.2, 0.25) is 0 Å². The molecule has 0 bridgehead atoms. The van der Waals surface area contributed by atoms with E-state index in [1.54, 1.807) is 0 Å². The molecule has 0 radical (unpaired) electrons. The fourth-order valence-electron chi connectivity index (χ4n) is 2.14. The van der Waals surface area contributed by atoms with Gasteiger partial charge >= 0.3 is 0 Å². The zero-order valence-corrected chi connectivity index (χ0v) is 15.6. The van der Waals surface area contributed by atoms with E-state index < -0.39 is 6.10 Å². The van der Waals surface area contributed by atoms with Crippen molar-refractivity contribution in [1.29, 1.82) is 0 Å². The maximum absolute atomic E-state index is 9.94. The van der Waals surface area contributed by atoms with Gasteiger partial charge in [-0.25, -0.2) is 0 Å². The van der Waals surface area contributed by atoms with Crippen LogP contribution in [0.25, 0.3) is 0 Å². The summed E-state index contributed by atoms with van der Waals surface area (Å²) in [5.74, 6) is 1.91. The number of ether oxygens (including phenoxy) is 1. The van der Waals surface area contributed by atoms with Crippen molar-refractivity contribution in [2.75, 3.05) is 25.4 Å². The molecule has 0 aromatic heterocycles. The van der Waals surface area contributed by atoms with Crippen molar-refractivity contribution in [2.45, 2.75) is 24.3 Å². The van der Waals surface area contributed by atoms with E-state index in [2.05, 4.69) is 29.6 Å². The highest BCUT2D eigenvalue weighted by Crippen LogP contribution is 2.17. The smallest absolute Gasteiger partial charge is 0.122 e. The van der Waals surface area contributed by atoms with E-state index in [1.165, 1.54) is 4.90 Å². The van der Waals surface area contributed by atoms with Gasteiger partial charge in [0.1, 0.15) is 18.5 Å². The van der Waals surface area contributed by atoms with Gasteiger partial charge in [0.05, 0.1) is 0 Å². The molecule has 0 aliphatic rings. The third kappa shape index (κ3) is 8.06. The fraction of sp³-hybridized carbons (Fsp3) is 0.368. The predicted octanol–water partition coefficient (Wildman–Crippen LogP) is 3.93. The molecule has 0 aliphatic heterocycles. The summed E-state index contributed by atoms with van der Waals surface area (Å²) in [6.07, 6.45) is 0.585. The number of benzene rings is 2. The molecule has 3 nitrogen and oxygen atoms in total. The lowest BCUT2D eigenvalue weighted by atomic mass is 10.2. The Morgan fingerprint density at radius 1 is 1.08 bits per heavy atom. The first kappa shape index (κ1) is 20.8. The summed E-state index contributed by atoms with van der Waals surface area (Å²) >= 11 is 1.86. The number of halogens is 1. The van der Waals surface area contributed by atoms with Crippen molar-refractivity contribution < 1.29 is 9.84 Å². The summed E-state index contributed by atoms with van der Waals surface area (Å²) in [4.78, 5) is 1.30. The highest BCUT2D eigenvalue weighted by molar-refractivity contribution is 7.99. The molecule has 0 fully saturated rings. The van der Waals surface area contributed by atoms with Gasteiger partial charge in [0.15, 0.2) is 0 Å². The first-order chi connectivity index (χ1) is 11.3. The Kier molecular flexibility index (Phi) is 10.6. The first-order valence-electron chi connectivity index (χ1n) is 8.01. The van der Waals surface area contributed by atoms with E-state index in [9.17, 15) is 5.11 Å². The zero-order chi connectivity index (χ0) is 16.3. The van der Waals surface area contributed by atoms with Gasteiger partial charge in [-0.05, 0) is 49.4 Å². The van der Waals surface area contributed by atoms with Crippen LogP contribution in [0.2, 0.25) is 0 Å². The van der Waals surface area contributed by atoms with E-state index >= 15 is 0 Å². The highest BCUT2D eigenvalue weighted by atomic mass is 35.5. The molecule has 2 rings (SSSR count). The Morgan fingerprint density at radius 3 is 2.54 bits per heavy atom. The number of para-hydroxylation sites is 1. The van der Waals surface area contributed by atoms with Crippen molar-refractivity contribution in [3.05, 3.63) is 60.2 Å². The molecule has 0 aliphatic carbocycles. The van der Waals surface area contributed by atoms with Crippen LogP contribution < -0.4 is 10.1 Å². The fourth-order valence-corrected chi connectivity index (χ4v) is 3.01. The molecule has 0 spiro atoms. The van der Waals surface area contributed by atoms with Crippen LogP contribution in [0.4, 0.5) is 0 Å². The van der Waals surface area contributed by atoms with Crippen LogP contribution in [-0.4, -0.2) is 36.7 Å². The van der Waals surface area contributed by atoms with Gasteiger partial charge < -0.3 is 15.2 Å². The van der Waals surface area contributed by atoms with Crippen LogP contribution >= 0.6 is 24.2 Å². The Bertz CT molecular complexity index is 568. The van der Waals surface area contributed by atoms with Gasteiger partial charge in [-0.15, -0.1) is 24.2 Å². The summed E-state index contributed by atoms with van der Waals surface area (Å²) in [7, 11) is 0. The number of hydrogen-bond donors (Lipinski definition) is 2.